The predicted molar refractivity (Wildman–Crippen MR) is 127 cm³/mol. The van der Waals surface area contributed by atoms with Crippen LogP contribution in [-0.4, -0.2) is 17.4 Å². The summed E-state index contributed by atoms with van der Waals surface area (Å²) in [6.07, 6.45) is 2.03. The van der Waals surface area contributed by atoms with Gasteiger partial charge in [-0.25, -0.2) is 0 Å². The highest BCUT2D eigenvalue weighted by Gasteiger charge is 2.18. The summed E-state index contributed by atoms with van der Waals surface area (Å²) in [4.78, 5) is 15.4. The molecular formula is C28H32N2O. The van der Waals surface area contributed by atoms with Crippen LogP contribution in [0.1, 0.15) is 58.9 Å². The van der Waals surface area contributed by atoms with Crippen molar-refractivity contribution >= 4 is 5.91 Å². The van der Waals surface area contributed by atoms with E-state index in [-0.39, 0.29) is 11.9 Å². The third kappa shape index (κ3) is 5.62. The van der Waals surface area contributed by atoms with Crippen LogP contribution in [0.2, 0.25) is 0 Å². The Kier molecular flexibility index (Phi) is 6.83. The minimum Gasteiger partial charge on any atom is -0.345 e. The maximum atomic E-state index is 12.9. The van der Waals surface area contributed by atoms with Gasteiger partial charge in [0, 0.05) is 25.2 Å². The monoisotopic (exact) mass is 412 g/mol. The summed E-state index contributed by atoms with van der Waals surface area (Å²) in [6.45, 7) is 7.36. The Bertz CT molecular complexity index is 995. The summed E-state index contributed by atoms with van der Waals surface area (Å²) in [6, 6.07) is 27.1. The molecule has 1 amide bonds. The molecule has 3 aromatic rings. The Hall–Kier alpha value is -2.91. The van der Waals surface area contributed by atoms with Crippen molar-refractivity contribution in [3.8, 4) is 0 Å². The number of nitrogens with zero attached hydrogens (tertiary/aromatic N) is 1. The summed E-state index contributed by atoms with van der Waals surface area (Å²) in [5.74, 6) is 0.496. The maximum Gasteiger partial charge on any atom is 0.251 e. The van der Waals surface area contributed by atoms with Gasteiger partial charge in [-0.2, -0.15) is 0 Å². The van der Waals surface area contributed by atoms with Crippen molar-refractivity contribution in [2.75, 3.05) is 6.54 Å². The van der Waals surface area contributed by atoms with E-state index < -0.39 is 0 Å². The van der Waals surface area contributed by atoms with Crippen molar-refractivity contribution in [1.82, 2.24) is 10.2 Å². The standard InChI is InChI=1S/C28H32N2O/c1-21(2)18-27(24-9-4-3-5-10-24)29-28(31)25-14-12-22(13-15-25)19-30-17-16-23-8-6-7-11-26(23)20-30/h3-15,21,27H,16-20H2,1-2H3,(H,29,31)/t27-/m0/s1. The number of hydrogen-bond donors (Lipinski definition) is 1. The highest BCUT2D eigenvalue weighted by molar-refractivity contribution is 5.94. The molecule has 0 aromatic heterocycles. The largest absolute Gasteiger partial charge is 0.345 e. The highest BCUT2D eigenvalue weighted by atomic mass is 16.1. The third-order valence-electron chi connectivity index (χ3n) is 6.05. The van der Waals surface area contributed by atoms with Crippen LogP contribution in [0.4, 0.5) is 0 Å². The summed E-state index contributed by atoms with van der Waals surface area (Å²) < 4.78 is 0. The highest BCUT2D eigenvalue weighted by Crippen LogP contribution is 2.23. The van der Waals surface area contributed by atoms with Gasteiger partial charge in [-0.1, -0.05) is 80.6 Å². The van der Waals surface area contributed by atoms with Crippen molar-refractivity contribution in [2.24, 2.45) is 5.92 Å². The molecule has 1 N–H and O–H groups in total. The lowest BCUT2D eigenvalue weighted by atomic mass is 9.96. The molecule has 1 aliphatic rings. The molecule has 0 radical (unpaired) electrons. The predicted octanol–water partition coefficient (Wildman–Crippen LogP) is 5.76. The SMILES string of the molecule is CC(C)C[C@H](NC(=O)c1ccc(CN2CCc3ccccc3C2)cc1)c1ccccc1. The number of fused-ring (bicyclic) bond motifs is 1. The quantitative estimate of drug-likeness (QED) is 0.535. The number of amides is 1. The van der Waals surface area contributed by atoms with E-state index in [2.05, 4.69) is 72.6 Å². The fourth-order valence-electron chi connectivity index (χ4n) is 4.39. The molecule has 0 saturated heterocycles. The Labute approximate surface area is 186 Å². The molecular weight excluding hydrogens is 380 g/mol. The van der Waals surface area contributed by atoms with Crippen molar-refractivity contribution in [3.63, 3.8) is 0 Å². The molecule has 1 aliphatic heterocycles. The first-order valence-corrected chi connectivity index (χ1v) is 11.3. The van der Waals surface area contributed by atoms with Gasteiger partial charge in [-0.3, -0.25) is 9.69 Å². The minimum atomic E-state index is -0.00653. The molecule has 160 valence electrons. The minimum absolute atomic E-state index is 0.00653. The number of carbonyl (C=O) groups excluding carboxylic acids is 1. The maximum absolute atomic E-state index is 12.9. The molecule has 0 saturated carbocycles. The molecule has 1 atom stereocenters. The Morgan fingerprint density at radius 3 is 2.29 bits per heavy atom. The molecule has 1 heterocycles. The second kappa shape index (κ2) is 9.93. The number of rotatable bonds is 7. The molecule has 0 spiro atoms. The van der Waals surface area contributed by atoms with Crippen molar-refractivity contribution in [3.05, 3.63) is 107 Å². The first-order chi connectivity index (χ1) is 15.1. The lowest BCUT2D eigenvalue weighted by Gasteiger charge is -2.28. The molecule has 0 unspecified atom stereocenters. The van der Waals surface area contributed by atoms with E-state index in [1.165, 1.54) is 16.7 Å². The number of hydrogen-bond acceptors (Lipinski definition) is 2. The average molecular weight is 413 g/mol. The van der Waals surface area contributed by atoms with Crippen LogP contribution in [-0.2, 0) is 19.5 Å². The van der Waals surface area contributed by atoms with Crippen LogP contribution >= 0.6 is 0 Å². The van der Waals surface area contributed by atoms with E-state index in [0.717, 1.165) is 43.6 Å². The second-order valence-electron chi connectivity index (χ2n) is 8.99. The number of carbonyl (C=O) groups is 1. The van der Waals surface area contributed by atoms with E-state index in [9.17, 15) is 4.79 Å². The van der Waals surface area contributed by atoms with E-state index in [1.54, 1.807) is 0 Å². The molecule has 3 heteroatoms. The van der Waals surface area contributed by atoms with Gasteiger partial charge in [0.2, 0.25) is 0 Å². The van der Waals surface area contributed by atoms with Crippen LogP contribution in [0.5, 0.6) is 0 Å². The summed E-state index contributed by atoms with van der Waals surface area (Å²) in [7, 11) is 0. The summed E-state index contributed by atoms with van der Waals surface area (Å²) in [5.41, 5.74) is 6.03. The van der Waals surface area contributed by atoms with E-state index in [0.29, 0.717) is 5.92 Å². The first kappa shape index (κ1) is 21.3. The van der Waals surface area contributed by atoms with Gasteiger partial charge in [0.1, 0.15) is 0 Å². The number of nitrogens with one attached hydrogen (secondary N) is 1. The van der Waals surface area contributed by atoms with E-state index in [4.69, 9.17) is 0 Å². The molecule has 0 bridgehead atoms. The van der Waals surface area contributed by atoms with Gasteiger partial charge in [0.05, 0.1) is 6.04 Å². The molecule has 4 rings (SSSR count). The average Bonchev–Trinajstić information content (AvgIpc) is 2.79. The Morgan fingerprint density at radius 1 is 0.903 bits per heavy atom. The van der Waals surface area contributed by atoms with E-state index >= 15 is 0 Å². The Balaban J connectivity index is 1.38. The molecule has 0 aliphatic carbocycles. The van der Waals surface area contributed by atoms with Crippen LogP contribution in [0.15, 0.2) is 78.9 Å². The second-order valence-corrected chi connectivity index (χ2v) is 8.99. The van der Waals surface area contributed by atoms with Crippen molar-refractivity contribution in [1.29, 1.82) is 0 Å². The Morgan fingerprint density at radius 2 is 1.58 bits per heavy atom. The van der Waals surface area contributed by atoms with Gasteiger partial charge >= 0.3 is 0 Å². The lowest BCUT2D eigenvalue weighted by molar-refractivity contribution is 0.0932. The van der Waals surface area contributed by atoms with Gasteiger partial charge < -0.3 is 5.32 Å². The van der Waals surface area contributed by atoms with Crippen LogP contribution < -0.4 is 5.32 Å². The van der Waals surface area contributed by atoms with Gasteiger partial charge in [-0.05, 0) is 53.1 Å². The van der Waals surface area contributed by atoms with Crippen molar-refractivity contribution < 1.29 is 4.79 Å². The first-order valence-electron chi connectivity index (χ1n) is 11.3. The zero-order valence-corrected chi connectivity index (χ0v) is 18.6. The van der Waals surface area contributed by atoms with Crippen LogP contribution in [0.25, 0.3) is 0 Å². The molecule has 3 aromatic carbocycles. The zero-order valence-electron chi connectivity index (χ0n) is 18.6. The van der Waals surface area contributed by atoms with Crippen molar-refractivity contribution in [2.45, 2.75) is 45.8 Å². The molecule has 31 heavy (non-hydrogen) atoms. The normalized spacial score (nSPS) is 14.8. The number of benzene rings is 3. The van der Waals surface area contributed by atoms with Gasteiger partial charge in [-0.15, -0.1) is 0 Å². The molecule has 3 nitrogen and oxygen atoms in total. The smallest absolute Gasteiger partial charge is 0.251 e. The van der Waals surface area contributed by atoms with Gasteiger partial charge in [0.25, 0.3) is 5.91 Å². The summed E-state index contributed by atoms with van der Waals surface area (Å²) >= 11 is 0. The third-order valence-corrected chi connectivity index (χ3v) is 6.05. The van der Waals surface area contributed by atoms with Gasteiger partial charge in [0.15, 0.2) is 0 Å². The lowest BCUT2D eigenvalue weighted by Crippen LogP contribution is -2.30. The fraction of sp³-hybridized carbons (Fsp3) is 0.321. The summed E-state index contributed by atoms with van der Waals surface area (Å²) in [5, 5.41) is 3.24. The van der Waals surface area contributed by atoms with Crippen LogP contribution in [0.3, 0.4) is 0 Å². The van der Waals surface area contributed by atoms with Crippen LogP contribution in [0, 0.1) is 5.92 Å². The molecule has 0 fully saturated rings. The topological polar surface area (TPSA) is 32.3 Å². The fourth-order valence-corrected chi connectivity index (χ4v) is 4.39. The van der Waals surface area contributed by atoms with E-state index in [1.807, 2.05) is 30.3 Å². The zero-order chi connectivity index (χ0) is 21.6.